The maximum absolute atomic E-state index is 11.3. The van der Waals surface area contributed by atoms with E-state index in [1.807, 2.05) is 13.8 Å². The molecule has 1 saturated heterocycles. The number of hydrogen-bond donors (Lipinski definition) is 1. The zero-order chi connectivity index (χ0) is 11.4. The topological polar surface area (TPSA) is 64.6 Å². The minimum absolute atomic E-state index is 0.172. The van der Waals surface area contributed by atoms with E-state index in [2.05, 4.69) is 4.72 Å². The highest BCUT2D eigenvalue weighted by atomic mass is 32.2. The molecule has 1 aliphatic rings. The average molecular weight is 237 g/mol. The Morgan fingerprint density at radius 3 is 2.47 bits per heavy atom. The monoisotopic (exact) mass is 237 g/mol. The Balaban J connectivity index is 2.26. The summed E-state index contributed by atoms with van der Waals surface area (Å²) in [6.45, 7) is 5.19. The van der Waals surface area contributed by atoms with Gasteiger partial charge in [0.2, 0.25) is 10.0 Å². The van der Waals surface area contributed by atoms with Crippen molar-refractivity contribution in [2.45, 2.75) is 32.5 Å². The molecule has 1 N–H and O–H groups in total. The van der Waals surface area contributed by atoms with Gasteiger partial charge in [0.05, 0.1) is 19.0 Å². The number of rotatable bonds is 6. The molecule has 0 aromatic rings. The summed E-state index contributed by atoms with van der Waals surface area (Å²) in [6.07, 6.45) is 1.16. The van der Waals surface area contributed by atoms with Crippen molar-refractivity contribution in [1.82, 2.24) is 4.72 Å². The largest absolute Gasteiger partial charge is 0.348 e. The van der Waals surface area contributed by atoms with Gasteiger partial charge in [-0.15, -0.1) is 0 Å². The minimum Gasteiger partial charge on any atom is -0.348 e. The summed E-state index contributed by atoms with van der Waals surface area (Å²) < 4.78 is 35.9. The summed E-state index contributed by atoms with van der Waals surface area (Å²) in [6, 6.07) is 0. The van der Waals surface area contributed by atoms with Crippen LogP contribution in [0, 0.1) is 0 Å². The Hall–Kier alpha value is -0.170. The van der Waals surface area contributed by atoms with Crippen LogP contribution >= 0.6 is 0 Å². The van der Waals surface area contributed by atoms with Crippen molar-refractivity contribution in [3.05, 3.63) is 0 Å². The third kappa shape index (κ3) is 4.46. The SMILES string of the molecule is CCCS(=O)(=O)NCCC1(C)OCCO1. The lowest BCUT2D eigenvalue weighted by atomic mass is 10.2. The van der Waals surface area contributed by atoms with Crippen molar-refractivity contribution in [3.63, 3.8) is 0 Å². The third-order valence-corrected chi connectivity index (χ3v) is 3.86. The molecule has 0 atom stereocenters. The first kappa shape index (κ1) is 12.9. The van der Waals surface area contributed by atoms with E-state index in [4.69, 9.17) is 9.47 Å². The summed E-state index contributed by atoms with van der Waals surface area (Å²) in [7, 11) is -3.11. The molecule has 0 amide bonds. The molecule has 0 radical (unpaired) electrons. The van der Waals surface area contributed by atoms with Gasteiger partial charge in [-0.05, 0) is 13.3 Å². The summed E-state index contributed by atoms with van der Waals surface area (Å²) in [5.74, 6) is -0.444. The van der Waals surface area contributed by atoms with Gasteiger partial charge in [-0.3, -0.25) is 0 Å². The molecule has 0 unspecified atom stereocenters. The average Bonchev–Trinajstić information content (AvgIpc) is 2.51. The van der Waals surface area contributed by atoms with Crippen LogP contribution < -0.4 is 4.72 Å². The second-order valence-corrected chi connectivity index (χ2v) is 5.72. The van der Waals surface area contributed by atoms with E-state index in [-0.39, 0.29) is 5.75 Å². The van der Waals surface area contributed by atoms with Crippen LogP contribution in [0.3, 0.4) is 0 Å². The Morgan fingerprint density at radius 1 is 1.33 bits per heavy atom. The van der Waals surface area contributed by atoms with Crippen molar-refractivity contribution in [2.75, 3.05) is 25.5 Å². The smallest absolute Gasteiger partial charge is 0.211 e. The van der Waals surface area contributed by atoms with Gasteiger partial charge in [-0.2, -0.15) is 0 Å². The van der Waals surface area contributed by atoms with Crippen LogP contribution in [-0.2, 0) is 19.5 Å². The van der Waals surface area contributed by atoms with Gasteiger partial charge in [-0.1, -0.05) is 6.92 Å². The van der Waals surface area contributed by atoms with E-state index >= 15 is 0 Å². The summed E-state index contributed by atoms with van der Waals surface area (Å²) >= 11 is 0. The number of ether oxygens (including phenoxy) is 2. The maximum atomic E-state index is 11.3. The normalized spacial score (nSPS) is 20.7. The van der Waals surface area contributed by atoms with E-state index in [1.54, 1.807) is 0 Å². The molecular weight excluding hydrogens is 218 g/mol. The fourth-order valence-electron chi connectivity index (χ4n) is 1.48. The Labute approximate surface area is 91.2 Å². The van der Waals surface area contributed by atoms with Crippen LogP contribution in [0.4, 0.5) is 0 Å². The lowest BCUT2D eigenvalue weighted by molar-refractivity contribution is -0.145. The molecule has 1 aliphatic heterocycles. The van der Waals surface area contributed by atoms with Crippen LogP contribution in [0.5, 0.6) is 0 Å². The third-order valence-electron chi connectivity index (χ3n) is 2.27. The minimum atomic E-state index is -3.11. The van der Waals surface area contributed by atoms with Gasteiger partial charge in [0, 0.05) is 13.0 Å². The Morgan fingerprint density at radius 2 is 1.93 bits per heavy atom. The molecule has 1 heterocycles. The van der Waals surface area contributed by atoms with Crippen molar-refractivity contribution < 1.29 is 17.9 Å². The van der Waals surface area contributed by atoms with E-state index in [0.29, 0.717) is 32.6 Å². The molecule has 6 heteroatoms. The molecular formula is C9H19NO4S. The van der Waals surface area contributed by atoms with E-state index < -0.39 is 15.8 Å². The molecule has 0 spiro atoms. The van der Waals surface area contributed by atoms with E-state index in [0.717, 1.165) is 0 Å². The van der Waals surface area contributed by atoms with Gasteiger partial charge in [0.15, 0.2) is 5.79 Å². The van der Waals surface area contributed by atoms with Gasteiger partial charge >= 0.3 is 0 Å². The molecule has 1 rings (SSSR count). The van der Waals surface area contributed by atoms with E-state index in [9.17, 15) is 8.42 Å². The maximum Gasteiger partial charge on any atom is 0.211 e. The fourth-order valence-corrected chi connectivity index (χ4v) is 2.57. The van der Waals surface area contributed by atoms with Crippen LogP contribution in [-0.4, -0.2) is 39.7 Å². The van der Waals surface area contributed by atoms with Crippen molar-refractivity contribution in [1.29, 1.82) is 0 Å². The molecule has 1 fully saturated rings. The number of hydrogen-bond acceptors (Lipinski definition) is 4. The second-order valence-electron chi connectivity index (χ2n) is 3.79. The van der Waals surface area contributed by atoms with Crippen LogP contribution in [0.1, 0.15) is 26.7 Å². The second kappa shape index (κ2) is 5.25. The number of nitrogens with one attached hydrogen (secondary N) is 1. The Bertz CT molecular complexity index is 282. The molecule has 0 aliphatic carbocycles. The molecule has 0 aromatic heterocycles. The molecule has 90 valence electrons. The predicted octanol–water partition coefficient (Wildman–Crippen LogP) is 0.469. The van der Waals surface area contributed by atoms with E-state index in [1.165, 1.54) is 0 Å². The van der Waals surface area contributed by atoms with Gasteiger partial charge < -0.3 is 9.47 Å². The van der Waals surface area contributed by atoms with Crippen LogP contribution in [0.2, 0.25) is 0 Å². The zero-order valence-corrected chi connectivity index (χ0v) is 10.1. The number of sulfonamides is 1. The van der Waals surface area contributed by atoms with Gasteiger partial charge in [0.1, 0.15) is 0 Å². The quantitative estimate of drug-likeness (QED) is 0.729. The molecule has 15 heavy (non-hydrogen) atoms. The van der Waals surface area contributed by atoms with Gasteiger partial charge in [-0.25, -0.2) is 13.1 Å². The highest BCUT2D eigenvalue weighted by Gasteiger charge is 2.30. The highest BCUT2D eigenvalue weighted by Crippen LogP contribution is 2.21. The lowest BCUT2D eigenvalue weighted by Crippen LogP contribution is -2.34. The van der Waals surface area contributed by atoms with Crippen LogP contribution in [0.15, 0.2) is 0 Å². The summed E-state index contributed by atoms with van der Waals surface area (Å²) in [4.78, 5) is 0. The molecule has 5 nitrogen and oxygen atoms in total. The van der Waals surface area contributed by atoms with Crippen molar-refractivity contribution >= 4 is 10.0 Å². The van der Waals surface area contributed by atoms with Gasteiger partial charge in [0.25, 0.3) is 0 Å². The van der Waals surface area contributed by atoms with Crippen molar-refractivity contribution in [2.24, 2.45) is 0 Å². The zero-order valence-electron chi connectivity index (χ0n) is 9.28. The summed E-state index contributed by atoms with van der Waals surface area (Å²) in [5.41, 5.74) is 0. The predicted molar refractivity (Wildman–Crippen MR) is 57.0 cm³/mol. The van der Waals surface area contributed by atoms with Crippen LogP contribution in [0.25, 0.3) is 0 Å². The lowest BCUT2D eigenvalue weighted by Gasteiger charge is -2.22. The first-order valence-corrected chi connectivity index (χ1v) is 6.88. The first-order valence-electron chi connectivity index (χ1n) is 5.23. The first-order chi connectivity index (χ1) is 6.97. The standard InChI is InChI=1S/C9H19NO4S/c1-3-8-15(11,12)10-5-4-9(2)13-6-7-14-9/h10H,3-8H2,1-2H3. The molecule has 0 bridgehead atoms. The molecule has 0 saturated carbocycles. The van der Waals surface area contributed by atoms with Crippen molar-refractivity contribution in [3.8, 4) is 0 Å². The Kier molecular flexibility index (Phi) is 4.51. The summed E-state index contributed by atoms with van der Waals surface area (Å²) in [5, 5.41) is 0. The molecule has 0 aromatic carbocycles. The fraction of sp³-hybridized carbons (Fsp3) is 1.00. The highest BCUT2D eigenvalue weighted by molar-refractivity contribution is 7.89.